The number of hydrogen-bond acceptors (Lipinski definition) is 6. The van der Waals surface area contributed by atoms with E-state index in [4.69, 9.17) is 4.74 Å². The van der Waals surface area contributed by atoms with E-state index in [1.54, 1.807) is 0 Å². The summed E-state index contributed by atoms with van der Waals surface area (Å²) in [6, 6.07) is 0.392. The fraction of sp³-hybridized carbons (Fsp3) is 0.786. The zero-order chi connectivity index (χ0) is 15.5. The summed E-state index contributed by atoms with van der Waals surface area (Å²) in [6.45, 7) is 7.90. The summed E-state index contributed by atoms with van der Waals surface area (Å²) >= 11 is 1.48. The molecule has 1 aromatic heterocycles. The number of carbonyl (C=O) groups is 1. The molecule has 3 rings (SSSR count). The molecule has 2 heterocycles. The van der Waals surface area contributed by atoms with Crippen molar-refractivity contribution in [1.29, 1.82) is 0 Å². The van der Waals surface area contributed by atoms with Crippen molar-refractivity contribution in [2.24, 2.45) is 0 Å². The SMILES string of the molecule is CCn1c(S[C@H](C)C(=O)NC2CC2)nnc1N1CCOCC1. The number of nitrogens with one attached hydrogen (secondary N) is 1. The minimum absolute atomic E-state index is 0.0890. The van der Waals surface area contributed by atoms with Crippen LogP contribution in [0.25, 0.3) is 0 Å². The quantitative estimate of drug-likeness (QED) is 0.783. The Kier molecular flexibility index (Phi) is 4.87. The largest absolute Gasteiger partial charge is 0.378 e. The van der Waals surface area contributed by atoms with Gasteiger partial charge in [-0.25, -0.2) is 0 Å². The van der Waals surface area contributed by atoms with Gasteiger partial charge in [-0.15, -0.1) is 10.2 Å². The Bertz CT molecular complexity index is 525. The summed E-state index contributed by atoms with van der Waals surface area (Å²) in [5.74, 6) is 0.967. The van der Waals surface area contributed by atoms with E-state index in [0.717, 1.165) is 56.8 Å². The number of rotatable bonds is 6. The minimum atomic E-state index is -0.160. The van der Waals surface area contributed by atoms with Crippen LogP contribution in [-0.2, 0) is 16.1 Å². The van der Waals surface area contributed by atoms with Crippen molar-refractivity contribution in [3.8, 4) is 0 Å². The second kappa shape index (κ2) is 6.87. The van der Waals surface area contributed by atoms with Gasteiger partial charge in [0.2, 0.25) is 11.9 Å². The first-order chi connectivity index (χ1) is 10.7. The molecule has 1 saturated carbocycles. The van der Waals surface area contributed by atoms with Gasteiger partial charge in [-0.3, -0.25) is 9.36 Å². The van der Waals surface area contributed by atoms with E-state index in [1.807, 2.05) is 6.92 Å². The number of nitrogens with zero attached hydrogens (tertiary/aromatic N) is 4. The molecule has 1 atom stereocenters. The van der Waals surface area contributed by atoms with Crippen LogP contribution in [0.3, 0.4) is 0 Å². The highest BCUT2D eigenvalue weighted by atomic mass is 32.2. The molecule has 0 spiro atoms. The Morgan fingerprint density at radius 2 is 2.14 bits per heavy atom. The van der Waals surface area contributed by atoms with Gasteiger partial charge in [-0.1, -0.05) is 11.8 Å². The van der Waals surface area contributed by atoms with Crippen LogP contribution in [0.1, 0.15) is 26.7 Å². The molecule has 0 aromatic carbocycles. The van der Waals surface area contributed by atoms with Crippen molar-refractivity contribution in [3.05, 3.63) is 0 Å². The lowest BCUT2D eigenvalue weighted by molar-refractivity contribution is -0.120. The fourth-order valence-electron chi connectivity index (χ4n) is 2.40. The first-order valence-electron chi connectivity index (χ1n) is 7.92. The number of anilines is 1. The van der Waals surface area contributed by atoms with Gasteiger partial charge in [0, 0.05) is 25.7 Å². The van der Waals surface area contributed by atoms with E-state index in [9.17, 15) is 4.79 Å². The normalized spacial score (nSPS) is 20.0. The molecule has 2 aliphatic rings. The molecule has 1 N–H and O–H groups in total. The van der Waals surface area contributed by atoms with E-state index in [0.29, 0.717) is 6.04 Å². The van der Waals surface area contributed by atoms with E-state index in [2.05, 4.69) is 31.9 Å². The van der Waals surface area contributed by atoms with E-state index < -0.39 is 0 Å². The highest BCUT2D eigenvalue weighted by Gasteiger charge is 2.27. The van der Waals surface area contributed by atoms with Gasteiger partial charge in [0.1, 0.15) is 0 Å². The highest BCUT2D eigenvalue weighted by molar-refractivity contribution is 8.00. The summed E-state index contributed by atoms with van der Waals surface area (Å²) in [5, 5.41) is 12.3. The second-order valence-corrected chi connectivity index (χ2v) is 6.98. The summed E-state index contributed by atoms with van der Waals surface area (Å²) in [5.41, 5.74) is 0. The molecule has 22 heavy (non-hydrogen) atoms. The molecule has 1 saturated heterocycles. The lowest BCUT2D eigenvalue weighted by Gasteiger charge is -2.27. The van der Waals surface area contributed by atoms with Gasteiger partial charge in [0.15, 0.2) is 5.16 Å². The molecule has 1 aromatic rings. The van der Waals surface area contributed by atoms with Crippen molar-refractivity contribution in [2.75, 3.05) is 31.2 Å². The topological polar surface area (TPSA) is 72.3 Å². The summed E-state index contributed by atoms with van der Waals surface area (Å²) in [4.78, 5) is 14.3. The molecule has 8 heteroatoms. The highest BCUT2D eigenvalue weighted by Crippen LogP contribution is 2.27. The molecule has 0 radical (unpaired) electrons. The molecule has 1 amide bonds. The van der Waals surface area contributed by atoms with Gasteiger partial charge < -0.3 is 15.0 Å². The number of morpholine rings is 1. The van der Waals surface area contributed by atoms with Crippen molar-refractivity contribution >= 4 is 23.6 Å². The van der Waals surface area contributed by atoms with Crippen molar-refractivity contribution < 1.29 is 9.53 Å². The summed E-state index contributed by atoms with van der Waals surface area (Å²) in [6.07, 6.45) is 2.21. The number of hydrogen-bond donors (Lipinski definition) is 1. The van der Waals surface area contributed by atoms with Crippen LogP contribution in [0.4, 0.5) is 5.95 Å². The second-order valence-electron chi connectivity index (χ2n) is 5.67. The molecule has 0 unspecified atom stereocenters. The molecular formula is C14H23N5O2S. The Balaban J connectivity index is 1.67. The Hall–Kier alpha value is -1.28. The van der Waals surface area contributed by atoms with Crippen LogP contribution in [-0.4, -0.2) is 58.3 Å². The summed E-state index contributed by atoms with van der Waals surface area (Å²) < 4.78 is 7.46. The Labute approximate surface area is 134 Å². The van der Waals surface area contributed by atoms with E-state index >= 15 is 0 Å². The van der Waals surface area contributed by atoms with Gasteiger partial charge in [0.05, 0.1) is 18.5 Å². The number of amides is 1. The van der Waals surface area contributed by atoms with Crippen LogP contribution >= 0.6 is 11.8 Å². The van der Waals surface area contributed by atoms with Crippen molar-refractivity contribution in [1.82, 2.24) is 20.1 Å². The van der Waals surface area contributed by atoms with Crippen LogP contribution < -0.4 is 10.2 Å². The Morgan fingerprint density at radius 3 is 2.77 bits per heavy atom. The molecule has 1 aliphatic heterocycles. The third-order valence-electron chi connectivity index (χ3n) is 3.88. The standard InChI is InChI=1S/C14H23N5O2S/c1-3-19-13(18-6-8-21-9-7-18)16-17-14(19)22-10(2)12(20)15-11-4-5-11/h10-11H,3-9H2,1-2H3,(H,15,20)/t10-/m1/s1. The van der Waals surface area contributed by atoms with Gasteiger partial charge >= 0.3 is 0 Å². The summed E-state index contributed by atoms with van der Waals surface area (Å²) in [7, 11) is 0. The van der Waals surface area contributed by atoms with Crippen LogP contribution in [0.15, 0.2) is 5.16 Å². The van der Waals surface area contributed by atoms with E-state index in [-0.39, 0.29) is 11.2 Å². The monoisotopic (exact) mass is 325 g/mol. The maximum atomic E-state index is 12.1. The fourth-order valence-corrected chi connectivity index (χ4v) is 3.32. The smallest absolute Gasteiger partial charge is 0.233 e. The van der Waals surface area contributed by atoms with Crippen molar-refractivity contribution in [2.45, 2.75) is 49.7 Å². The zero-order valence-corrected chi connectivity index (χ0v) is 13.9. The first kappa shape index (κ1) is 15.6. The Morgan fingerprint density at radius 1 is 1.41 bits per heavy atom. The van der Waals surface area contributed by atoms with Crippen LogP contribution in [0, 0.1) is 0 Å². The molecule has 7 nitrogen and oxygen atoms in total. The maximum absolute atomic E-state index is 12.1. The maximum Gasteiger partial charge on any atom is 0.233 e. The van der Waals surface area contributed by atoms with Crippen LogP contribution in [0.2, 0.25) is 0 Å². The predicted molar refractivity (Wildman–Crippen MR) is 85.2 cm³/mol. The molecule has 2 fully saturated rings. The number of aromatic nitrogens is 3. The third kappa shape index (κ3) is 3.55. The average molecular weight is 325 g/mol. The number of carbonyl (C=O) groups excluding carboxylic acids is 1. The third-order valence-corrected chi connectivity index (χ3v) is 4.96. The number of thioether (sulfide) groups is 1. The minimum Gasteiger partial charge on any atom is -0.378 e. The predicted octanol–water partition coefficient (Wildman–Crippen LogP) is 0.894. The average Bonchev–Trinajstić information content (AvgIpc) is 3.26. The lowest BCUT2D eigenvalue weighted by atomic mass is 10.4. The zero-order valence-electron chi connectivity index (χ0n) is 13.1. The number of ether oxygens (including phenoxy) is 1. The van der Waals surface area contributed by atoms with Crippen molar-refractivity contribution in [3.63, 3.8) is 0 Å². The molecule has 0 bridgehead atoms. The first-order valence-corrected chi connectivity index (χ1v) is 8.80. The lowest BCUT2D eigenvalue weighted by Crippen LogP contribution is -2.38. The van der Waals surface area contributed by atoms with Gasteiger partial charge in [-0.2, -0.15) is 0 Å². The molecule has 1 aliphatic carbocycles. The molecule has 122 valence electrons. The molecular weight excluding hydrogens is 302 g/mol. The van der Waals surface area contributed by atoms with Crippen LogP contribution in [0.5, 0.6) is 0 Å². The van der Waals surface area contributed by atoms with Gasteiger partial charge in [-0.05, 0) is 26.7 Å². The van der Waals surface area contributed by atoms with Gasteiger partial charge in [0.25, 0.3) is 0 Å². The van der Waals surface area contributed by atoms with E-state index in [1.165, 1.54) is 11.8 Å².